The molecule has 4 N–H and O–H groups in total. The topological polar surface area (TPSA) is 85.7 Å². The minimum Gasteiger partial charge on any atom is -0.494 e. The summed E-state index contributed by atoms with van der Waals surface area (Å²) in [6.07, 6.45) is 4.39. The van der Waals surface area contributed by atoms with Gasteiger partial charge in [0, 0.05) is 14.5 Å². The Morgan fingerprint density at radius 1 is 1.65 bits per heavy atom. The summed E-state index contributed by atoms with van der Waals surface area (Å²) < 4.78 is 0. The third-order valence-corrected chi connectivity index (χ3v) is 3.16. The predicted octanol–water partition coefficient (Wildman–Crippen LogP) is 2.87. The number of aliphatic hydroxyl groups excluding tert-OH is 1. The maximum absolute atomic E-state index is 9.07. The summed E-state index contributed by atoms with van der Waals surface area (Å²) in [5, 5.41) is 17.1. The second-order valence-corrected chi connectivity index (χ2v) is 4.51. The van der Waals surface area contributed by atoms with Crippen molar-refractivity contribution in [2.75, 3.05) is 19.6 Å². The van der Waals surface area contributed by atoms with Crippen molar-refractivity contribution in [2.45, 2.75) is 27.7 Å². The predicted molar refractivity (Wildman–Crippen MR) is 88.5 cm³/mol. The normalized spacial score (nSPS) is 19.1. The van der Waals surface area contributed by atoms with E-state index in [1.807, 2.05) is 19.9 Å². The van der Waals surface area contributed by atoms with Crippen molar-refractivity contribution < 1.29 is 6.53 Å². The van der Waals surface area contributed by atoms with E-state index in [9.17, 15) is 0 Å². The van der Waals surface area contributed by atoms with Gasteiger partial charge in [0.2, 0.25) is 5.88 Å². The molecule has 1 saturated heterocycles. The standard InChI is InChI=1S/C14H22N4O.CH4.H2/c1-4-12-5-6-18(9-13(12)16)14(10(2)7-15)8-17-11(3)19;;/h4,8,16,19H,3,5-7,9,15H2,1-2H3;1H4;1H/b12-4-,14-10+,16-13?,17-8-;;. The Hall–Kier alpha value is -1.88. The van der Waals surface area contributed by atoms with Crippen molar-refractivity contribution in [3.05, 3.63) is 35.4 Å². The van der Waals surface area contributed by atoms with Gasteiger partial charge in [-0.2, -0.15) is 0 Å². The molecule has 1 rings (SSSR count). The lowest BCUT2D eigenvalue weighted by atomic mass is 10.0. The number of nitrogens with two attached hydrogens (primary N) is 1. The Morgan fingerprint density at radius 2 is 2.30 bits per heavy atom. The van der Waals surface area contributed by atoms with Crippen LogP contribution in [0.3, 0.4) is 0 Å². The molecule has 0 aromatic heterocycles. The molecule has 114 valence electrons. The highest BCUT2D eigenvalue weighted by atomic mass is 16.3. The number of aliphatic hydroxyl groups is 1. The van der Waals surface area contributed by atoms with Gasteiger partial charge in [-0.1, -0.05) is 13.5 Å². The molecule has 5 nitrogen and oxygen atoms in total. The van der Waals surface area contributed by atoms with Gasteiger partial charge in [0.15, 0.2) is 0 Å². The highest BCUT2D eigenvalue weighted by Crippen LogP contribution is 2.18. The molecule has 1 aliphatic heterocycles. The Bertz CT molecular complexity index is 466. The maximum Gasteiger partial charge on any atom is 0.203 e. The molecule has 0 aromatic carbocycles. The molecule has 1 aliphatic rings. The molecule has 0 saturated carbocycles. The van der Waals surface area contributed by atoms with Crippen LogP contribution in [-0.2, 0) is 0 Å². The first kappa shape index (κ1) is 18.1. The van der Waals surface area contributed by atoms with Gasteiger partial charge in [0.25, 0.3) is 0 Å². The number of likely N-dealkylation sites (tertiary alicyclic amines) is 1. The van der Waals surface area contributed by atoms with E-state index in [2.05, 4.69) is 16.5 Å². The number of rotatable bonds is 4. The lowest BCUT2D eigenvalue weighted by Crippen LogP contribution is -2.37. The Labute approximate surface area is 123 Å². The van der Waals surface area contributed by atoms with Crippen LogP contribution in [0.5, 0.6) is 0 Å². The van der Waals surface area contributed by atoms with Gasteiger partial charge in [-0.3, -0.25) is 0 Å². The quantitative estimate of drug-likeness (QED) is 0.546. The molecule has 0 bridgehead atoms. The number of hydrogen-bond acceptors (Lipinski definition) is 5. The lowest BCUT2D eigenvalue weighted by Gasteiger charge is -2.32. The van der Waals surface area contributed by atoms with E-state index < -0.39 is 0 Å². The lowest BCUT2D eigenvalue weighted by molar-refractivity contribution is 0.393. The smallest absolute Gasteiger partial charge is 0.203 e. The Kier molecular flexibility index (Phi) is 7.54. The van der Waals surface area contributed by atoms with E-state index in [-0.39, 0.29) is 14.7 Å². The molecule has 1 fully saturated rings. The van der Waals surface area contributed by atoms with Crippen LogP contribution >= 0.6 is 0 Å². The summed E-state index contributed by atoms with van der Waals surface area (Å²) in [5.41, 5.74) is 9.22. The van der Waals surface area contributed by atoms with Crippen molar-refractivity contribution in [1.82, 2.24) is 4.90 Å². The number of aliphatic imine (C=N–C) groups is 1. The van der Waals surface area contributed by atoms with E-state index in [1.165, 1.54) is 0 Å². The fraction of sp³-hybridized carbons (Fsp3) is 0.467. The summed E-state index contributed by atoms with van der Waals surface area (Å²) >= 11 is 0. The molecule has 0 unspecified atom stereocenters. The largest absolute Gasteiger partial charge is 0.494 e. The van der Waals surface area contributed by atoms with Crippen LogP contribution in [0.25, 0.3) is 0 Å². The van der Waals surface area contributed by atoms with E-state index in [4.69, 9.17) is 16.2 Å². The summed E-state index contributed by atoms with van der Waals surface area (Å²) in [5.74, 6) is -0.233. The van der Waals surface area contributed by atoms with Crippen LogP contribution in [-0.4, -0.2) is 41.6 Å². The fourth-order valence-corrected chi connectivity index (χ4v) is 2.00. The summed E-state index contributed by atoms with van der Waals surface area (Å²) in [7, 11) is 0. The van der Waals surface area contributed by atoms with E-state index in [1.54, 1.807) is 6.21 Å². The number of nitrogens with zero attached hydrogens (tertiary/aromatic N) is 2. The van der Waals surface area contributed by atoms with Crippen molar-refractivity contribution >= 4 is 11.9 Å². The second-order valence-electron chi connectivity index (χ2n) is 4.51. The first-order chi connectivity index (χ1) is 8.99. The highest BCUT2D eigenvalue weighted by Gasteiger charge is 2.20. The maximum atomic E-state index is 9.07. The summed E-state index contributed by atoms with van der Waals surface area (Å²) in [6, 6.07) is 0. The third-order valence-electron chi connectivity index (χ3n) is 3.16. The molecule has 0 aliphatic carbocycles. The molecular weight excluding hydrogens is 252 g/mol. The highest BCUT2D eigenvalue weighted by molar-refractivity contribution is 6.00. The van der Waals surface area contributed by atoms with Gasteiger partial charge in [0.05, 0.1) is 24.2 Å². The molecule has 0 amide bonds. The average molecular weight is 280 g/mol. The van der Waals surface area contributed by atoms with E-state index >= 15 is 0 Å². The number of piperidine rings is 1. The van der Waals surface area contributed by atoms with Gasteiger partial charge in [-0.05, 0) is 38.0 Å². The molecular formula is C15H28N4O. The second kappa shape index (κ2) is 8.32. The van der Waals surface area contributed by atoms with Crippen molar-refractivity contribution in [3.63, 3.8) is 0 Å². The number of nitrogens with one attached hydrogen (secondary N) is 1. The Morgan fingerprint density at radius 3 is 2.75 bits per heavy atom. The average Bonchev–Trinajstić information content (AvgIpc) is 2.38. The summed E-state index contributed by atoms with van der Waals surface area (Å²) in [4.78, 5) is 5.89. The molecule has 0 spiro atoms. The Balaban J connectivity index is 0. The van der Waals surface area contributed by atoms with Crippen molar-refractivity contribution in [2.24, 2.45) is 10.7 Å². The zero-order valence-corrected chi connectivity index (χ0v) is 11.6. The zero-order valence-electron chi connectivity index (χ0n) is 11.6. The minimum absolute atomic E-state index is 0. The van der Waals surface area contributed by atoms with Crippen LogP contribution in [0, 0.1) is 5.41 Å². The van der Waals surface area contributed by atoms with Crippen LogP contribution < -0.4 is 5.73 Å². The molecule has 0 atom stereocenters. The van der Waals surface area contributed by atoms with Gasteiger partial charge >= 0.3 is 0 Å². The summed E-state index contributed by atoms with van der Waals surface area (Å²) in [6.45, 7) is 8.99. The monoisotopic (exact) mass is 280 g/mol. The van der Waals surface area contributed by atoms with Crippen LogP contribution in [0.2, 0.25) is 0 Å². The van der Waals surface area contributed by atoms with Crippen LogP contribution in [0.1, 0.15) is 29.1 Å². The van der Waals surface area contributed by atoms with Gasteiger partial charge in [0.1, 0.15) is 0 Å². The molecule has 0 aromatic rings. The van der Waals surface area contributed by atoms with Gasteiger partial charge < -0.3 is 21.1 Å². The van der Waals surface area contributed by atoms with Gasteiger partial charge in [-0.25, -0.2) is 4.99 Å². The zero-order chi connectivity index (χ0) is 14.4. The molecule has 1 heterocycles. The first-order valence-corrected chi connectivity index (χ1v) is 6.29. The SMILES string of the molecule is C.C=C(O)/N=C\C(=C(\C)CN)N1CC/C(=C/C)C(=N)C1.[HH]. The van der Waals surface area contributed by atoms with E-state index in [0.717, 1.165) is 29.8 Å². The van der Waals surface area contributed by atoms with Crippen LogP contribution in [0.15, 0.2) is 40.4 Å². The van der Waals surface area contributed by atoms with Crippen molar-refractivity contribution in [3.8, 4) is 0 Å². The van der Waals surface area contributed by atoms with Crippen LogP contribution in [0.4, 0.5) is 0 Å². The van der Waals surface area contributed by atoms with Crippen molar-refractivity contribution in [1.29, 1.82) is 5.41 Å². The first-order valence-electron chi connectivity index (χ1n) is 6.29. The number of allylic oxidation sites excluding steroid dienone is 2. The van der Waals surface area contributed by atoms with Gasteiger partial charge in [-0.15, -0.1) is 0 Å². The van der Waals surface area contributed by atoms with E-state index in [0.29, 0.717) is 18.8 Å². The molecule has 5 heteroatoms. The fourth-order valence-electron chi connectivity index (χ4n) is 2.00. The molecule has 20 heavy (non-hydrogen) atoms. The third kappa shape index (κ3) is 4.66. The minimum atomic E-state index is -0.233. The number of hydrogen-bond donors (Lipinski definition) is 3. The molecule has 0 radical (unpaired) electrons.